The molecule has 0 bridgehead atoms. The second-order valence-electron chi connectivity index (χ2n) is 0.634. The van der Waals surface area contributed by atoms with Gasteiger partial charge in [-0.15, -0.1) is 0 Å². The van der Waals surface area contributed by atoms with Crippen molar-refractivity contribution in [2.45, 2.75) is 0 Å². The maximum absolute atomic E-state index is 9.56. The molecule has 0 aromatic rings. The molecule has 0 heterocycles. The molecule has 0 atom stereocenters. The van der Waals surface area contributed by atoms with Gasteiger partial charge in [0.2, 0.25) is 0 Å². The fraction of sp³-hybridized carbons (Fsp3) is 0. The van der Waals surface area contributed by atoms with Gasteiger partial charge < -0.3 is 0 Å². The first-order valence-electron chi connectivity index (χ1n) is 1.26. The Morgan fingerprint density at radius 3 is 1.43 bits per heavy atom. The molecule has 0 aliphatic heterocycles. The number of rotatable bonds is 2. The van der Waals surface area contributed by atoms with Gasteiger partial charge in [-0.05, 0) is 0 Å². The zero-order valence-electron chi connectivity index (χ0n) is 3.12. The summed E-state index contributed by atoms with van der Waals surface area (Å²) in [5.41, 5.74) is 0. The minimum atomic E-state index is -3.91. The molecule has 0 aliphatic carbocycles. The van der Waals surface area contributed by atoms with Gasteiger partial charge in [0.25, 0.3) is 0 Å². The van der Waals surface area contributed by atoms with Crippen molar-refractivity contribution in [3.8, 4) is 0 Å². The molecule has 0 amide bonds. The van der Waals surface area contributed by atoms with Crippen LogP contribution in [0.15, 0.2) is 0 Å². The van der Waals surface area contributed by atoms with Crippen LogP contribution in [0, 0.1) is 0 Å². The Bertz CT molecular complexity index is 82.3. The van der Waals surface area contributed by atoms with Crippen molar-refractivity contribution in [1.82, 2.24) is 0 Å². The van der Waals surface area contributed by atoms with Crippen LogP contribution in [0.25, 0.3) is 0 Å². The monoisotopic (exact) mass is 322 g/mol. The molecule has 40 valence electrons. The van der Waals surface area contributed by atoms with E-state index in [4.69, 9.17) is 6.89 Å². The third-order valence-corrected chi connectivity index (χ3v) is 7.86. The van der Waals surface area contributed by atoms with E-state index in [9.17, 15) is 6.15 Å². The van der Waals surface area contributed by atoms with Crippen LogP contribution in [0.4, 0.5) is 0 Å². The summed E-state index contributed by atoms with van der Waals surface area (Å²) in [7, 11) is 0. The van der Waals surface area contributed by atoms with Crippen molar-refractivity contribution < 1.29 is 14.5 Å². The van der Waals surface area contributed by atoms with Crippen LogP contribution >= 0.6 is 0 Å². The second kappa shape index (κ2) is 4.01. The van der Waals surface area contributed by atoms with Crippen LogP contribution in [-0.4, -0.2) is 48.0 Å². The molecule has 0 saturated heterocycles. The Labute approximate surface area is 55.3 Å². The third-order valence-electron chi connectivity index (χ3n) is 0.175. The van der Waals surface area contributed by atoms with Crippen molar-refractivity contribution in [3.05, 3.63) is 0 Å². The van der Waals surface area contributed by atoms with Crippen LogP contribution < -0.4 is 0 Å². The second-order valence-corrected chi connectivity index (χ2v) is 8.16. The topological polar surface area (TPSA) is 83.8 Å². The Hall–Kier alpha value is 1.08. The zero-order chi connectivity index (χ0) is 5.86. The molecular weight excluding hydrogens is 317 g/mol. The van der Waals surface area contributed by atoms with Gasteiger partial charge in [0.15, 0.2) is 0 Å². The Morgan fingerprint density at radius 2 is 1.43 bits per heavy atom. The summed E-state index contributed by atoms with van der Waals surface area (Å²) >= 11 is -7.82. The van der Waals surface area contributed by atoms with E-state index in [1.54, 1.807) is 0 Å². The van der Waals surface area contributed by atoms with Crippen LogP contribution in [-0.2, 0) is 7.57 Å². The first kappa shape index (κ1) is 8.08. The average Bonchev–Trinajstić information content (AvgIpc) is 1.27. The molecule has 0 unspecified atom stereocenters. The van der Waals surface area contributed by atoms with Gasteiger partial charge in [-0.25, -0.2) is 0 Å². The minimum absolute atomic E-state index is 3.64. The Balaban J connectivity index is 3.32. The summed E-state index contributed by atoms with van der Waals surface area (Å²) < 4.78 is 38.4. The maximum atomic E-state index is 9.56. The Morgan fingerprint density at radius 1 is 1.14 bits per heavy atom. The average molecular weight is 319 g/mol. The molecule has 0 aromatic carbocycles. The van der Waals surface area contributed by atoms with Gasteiger partial charge in [0, 0.05) is 0 Å². The van der Waals surface area contributed by atoms with Crippen molar-refractivity contribution in [1.29, 1.82) is 0 Å². The van der Waals surface area contributed by atoms with Gasteiger partial charge in [-0.1, -0.05) is 0 Å². The van der Waals surface area contributed by atoms with Crippen LogP contribution in [0.1, 0.15) is 0 Å². The quantitative estimate of drug-likeness (QED) is 0.566. The summed E-state index contributed by atoms with van der Waals surface area (Å²) in [6, 6.07) is 0. The van der Waals surface area contributed by atoms with E-state index >= 15 is 0 Å². The molecule has 0 aromatic heterocycles. The first-order chi connectivity index (χ1) is 3.13. The molecule has 0 fully saturated rings. The normalized spacial score (nSPS) is 8.29. The van der Waals surface area contributed by atoms with Crippen LogP contribution in [0.2, 0.25) is 0 Å². The van der Waals surface area contributed by atoms with Gasteiger partial charge in [0.05, 0.1) is 0 Å². The van der Waals surface area contributed by atoms with Crippen molar-refractivity contribution >= 4 is 41.1 Å². The third kappa shape index (κ3) is 7.08. The predicted molar refractivity (Wildman–Crippen MR) is 18.4 cm³/mol. The Kier molecular flexibility index (Phi) is 4.62. The van der Waals surface area contributed by atoms with E-state index < -0.39 is 41.1 Å². The van der Waals surface area contributed by atoms with Gasteiger partial charge in [-0.2, -0.15) is 0 Å². The molecule has 2 N–H and O–H groups in total. The summed E-state index contributed by atoms with van der Waals surface area (Å²) in [6.07, 6.45) is 0. The molecule has 0 spiro atoms. The molecule has 0 rings (SSSR count). The molecule has 0 radical (unpaired) electrons. The predicted octanol–water partition coefficient (Wildman–Crippen LogP) is -2.18. The van der Waals surface area contributed by atoms with Gasteiger partial charge >= 0.3 is 55.6 Å². The van der Waals surface area contributed by atoms with E-state index in [1.165, 1.54) is 0 Å². The van der Waals surface area contributed by atoms with E-state index in [0.717, 1.165) is 0 Å². The molecule has 7 heteroatoms. The molecule has 7 heavy (non-hydrogen) atoms. The molecule has 0 aliphatic rings. The van der Waals surface area contributed by atoms with Crippen LogP contribution in [0.5, 0.6) is 0 Å². The van der Waals surface area contributed by atoms with E-state index in [2.05, 4.69) is 1.41 Å². The van der Waals surface area contributed by atoms with Gasteiger partial charge in [-0.3, -0.25) is 0 Å². The van der Waals surface area contributed by atoms with Crippen molar-refractivity contribution in [3.63, 3.8) is 0 Å². The van der Waals surface area contributed by atoms with E-state index in [1.807, 2.05) is 0 Å². The summed E-state index contributed by atoms with van der Waals surface area (Å²) in [5, 5.41) is 0. The summed E-state index contributed by atoms with van der Waals surface area (Å²) in [5.74, 6) is 0. The number of hydrogen-bond donors (Lipinski definition) is 2. The van der Waals surface area contributed by atoms with Crippen LogP contribution in [0.3, 0.4) is 0 Å². The SMILES string of the molecule is [O]=[Sn]([OH])[O][Sn](=[O])[OH]. The first-order valence-corrected chi connectivity index (χ1v) is 8.48. The molecule has 5 nitrogen and oxygen atoms in total. The summed E-state index contributed by atoms with van der Waals surface area (Å²) in [6.45, 7) is 0. The fourth-order valence-electron chi connectivity index (χ4n) is 0.0747. The van der Waals surface area contributed by atoms with Gasteiger partial charge in [0.1, 0.15) is 0 Å². The number of hydrogen-bond acceptors (Lipinski definition) is 3. The fourth-order valence-corrected chi connectivity index (χ4v) is 3.36. The standard InChI is InChI=1S/2H2O.3O.2Sn/h2*1H2;;;;;/q;;;;;2*+1/p-2. The van der Waals surface area contributed by atoms with Crippen molar-refractivity contribution in [2.24, 2.45) is 0 Å². The van der Waals surface area contributed by atoms with E-state index in [-0.39, 0.29) is 0 Å². The zero-order valence-corrected chi connectivity index (χ0v) is 8.83. The molecule has 0 saturated carbocycles. The summed E-state index contributed by atoms with van der Waals surface area (Å²) in [4.78, 5) is 0. The van der Waals surface area contributed by atoms with Crippen molar-refractivity contribution in [2.75, 3.05) is 0 Å². The molecular formula is H2O5Sn2. The van der Waals surface area contributed by atoms with E-state index in [0.29, 0.717) is 0 Å².